The van der Waals surface area contributed by atoms with Crippen LogP contribution in [0.3, 0.4) is 0 Å². The molecule has 0 amide bonds. The summed E-state index contributed by atoms with van der Waals surface area (Å²) in [6.45, 7) is 1.82. The van der Waals surface area contributed by atoms with Gasteiger partial charge in [-0.2, -0.15) is 0 Å². The summed E-state index contributed by atoms with van der Waals surface area (Å²) >= 11 is -2.02. The highest BCUT2D eigenvalue weighted by atomic mass is 32.2. The van der Waals surface area contributed by atoms with Gasteiger partial charge in [0.05, 0.1) is 0 Å². The summed E-state index contributed by atoms with van der Waals surface area (Å²) in [6.07, 6.45) is 1.49. The van der Waals surface area contributed by atoms with Gasteiger partial charge in [-0.25, -0.2) is 13.3 Å². The number of rotatable bonds is 2. The van der Waals surface area contributed by atoms with Crippen LogP contribution in [0.25, 0.3) is 0 Å². The van der Waals surface area contributed by atoms with Gasteiger partial charge in [-0.05, 0) is 48.6 Å². The van der Waals surface area contributed by atoms with Crippen molar-refractivity contribution in [2.24, 2.45) is 0 Å². The highest BCUT2D eigenvalue weighted by Gasteiger charge is 2.25. The van der Waals surface area contributed by atoms with Gasteiger partial charge in [-0.1, -0.05) is 0 Å². The zero-order valence-electron chi connectivity index (χ0n) is 8.29. The molecular weight excluding hydrogens is 217 g/mol. The van der Waals surface area contributed by atoms with Crippen molar-refractivity contribution >= 4 is 11.3 Å². The highest BCUT2D eigenvalue weighted by Crippen LogP contribution is 2.34. The second-order valence-electron chi connectivity index (χ2n) is 3.75. The van der Waals surface area contributed by atoms with Gasteiger partial charge in [-0.15, -0.1) is 0 Å². The molecule has 0 spiro atoms. The third kappa shape index (κ3) is 2.09. The molecule has 2 N–H and O–H groups in total. The monoisotopic (exact) mass is 229 g/mol. The van der Waals surface area contributed by atoms with E-state index in [9.17, 15) is 8.60 Å². The second-order valence-corrected chi connectivity index (χ2v) is 4.49. The van der Waals surface area contributed by atoms with E-state index in [-0.39, 0.29) is 11.9 Å². The van der Waals surface area contributed by atoms with Crippen LogP contribution in [-0.2, 0) is 17.7 Å². The lowest BCUT2D eigenvalue weighted by Gasteiger charge is -2.13. The van der Waals surface area contributed by atoms with Crippen molar-refractivity contribution in [1.82, 2.24) is 4.72 Å². The van der Waals surface area contributed by atoms with Crippen molar-refractivity contribution in [2.45, 2.75) is 25.8 Å². The van der Waals surface area contributed by atoms with Gasteiger partial charge in [-0.3, -0.25) is 4.55 Å². The molecule has 3 nitrogen and oxygen atoms in total. The van der Waals surface area contributed by atoms with Crippen LogP contribution in [0, 0.1) is 12.7 Å². The maximum Gasteiger partial charge on any atom is 0.232 e. The quantitative estimate of drug-likeness (QED) is 0.760. The Kier molecular flexibility index (Phi) is 2.86. The number of hydrogen-bond donors (Lipinski definition) is 2. The molecule has 0 saturated carbocycles. The molecular formula is C10H12FNO2S. The Balaban J connectivity index is 2.37. The molecule has 0 aliphatic heterocycles. The van der Waals surface area contributed by atoms with Gasteiger partial charge >= 0.3 is 0 Å². The van der Waals surface area contributed by atoms with Crippen LogP contribution >= 0.6 is 0 Å². The van der Waals surface area contributed by atoms with Crippen LogP contribution in [0.5, 0.6) is 0 Å². The van der Waals surface area contributed by atoms with Crippen molar-refractivity contribution in [3.8, 4) is 0 Å². The van der Waals surface area contributed by atoms with Crippen molar-refractivity contribution in [3.63, 3.8) is 0 Å². The van der Waals surface area contributed by atoms with Crippen LogP contribution in [0.2, 0.25) is 0 Å². The Morgan fingerprint density at radius 3 is 3.00 bits per heavy atom. The largest absolute Gasteiger partial charge is 0.294 e. The third-order valence-electron chi connectivity index (χ3n) is 2.73. The first-order valence-electron chi connectivity index (χ1n) is 4.74. The Bertz CT molecular complexity index is 422. The molecule has 1 aliphatic carbocycles. The summed E-state index contributed by atoms with van der Waals surface area (Å²) in [6, 6.07) is 2.83. The van der Waals surface area contributed by atoms with E-state index < -0.39 is 11.3 Å². The molecule has 82 valence electrons. The number of fused-ring (bicyclic) bond motifs is 1. The Hall–Kier alpha value is -0.780. The summed E-state index contributed by atoms with van der Waals surface area (Å²) in [7, 11) is 0. The number of aryl methyl sites for hydroxylation is 2. The predicted molar refractivity (Wildman–Crippen MR) is 56.1 cm³/mol. The van der Waals surface area contributed by atoms with Crippen LogP contribution in [0.1, 0.15) is 29.2 Å². The molecule has 0 bridgehead atoms. The maximum atomic E-state index is 13.1. The zero-order valence-corrected chi connectivity index (χ0v) is 9.10. The second kappa shape index (κ2) is 4.00. The van der Waals surface area contributed by atoms with E-state index in [0.29, 0.717) is 0 Å². The van der Waals surface area contributed by atoms with Crippen molar-refractivity contribution in [3.05, 3.63) is 34.6 Å². The molecule has 0 heterocycles. The molecule has 2 unspecified atom stereocenters. The molecule has 0 fully saturated rings. The fourth-order valence-corrected chi connectivity index (χ4v) is 2.69. The highest BCUT2D eigenvalue weighted by molar-refractivity contribution is 7.77. The van der Waals surface area contributed by atoms with Gasteiger partial charge in [0.1, 0.15) is 5.82 Å². The van der Waals surface area contributed by atoms with Gasteiger partial charge < -0.3 is 0 Å². The lowest BCUT2D eigenvalue weighted by molar-refractivity contribution is 0.525. The first-order chi connectivity index (χ1) is 7.08. The molecule has 2 rings (SSSR count). The van der Waals surface area contributed by atoms with E-state index in [1.54, 1.807) is 0 Å². The fraction of sp³-hybridized carbons (Fsp3) is 0.400. The molecule has 1 aromatic carbocycles. The number of hydrogen-bond acceptors (Lipinski definition) is 1. The van der Waals surface area contributed by atoms with Gasteiger partial charge in [0.25, 0.3) is 0 Å². The van der Waals surface area contributed by atoms with Crippen molar-refractivity contribution in [2.75, 3.05) is 0 Å². The SMILES string of the molecule is Cc1cc(F)cc2c1C(NS(=O)O)CC2. The Morgan fingerprint density at radius 1 is 1.60 bits per heavy atom. The molecule has 0 saturated heterocycles. The first kappa shape index (κ1) is 10.7. The standard InChI is InChI=1S/C10H12FNO2S/c1-6-4-8(11)5-7-2-3-9(10(6)7)12-15(13)14/h4-5,9,12H,2-3H2,1H3,(H,13,14). The minimum absolute atomic E-state index is 0.133. The summed E-state index contributed by atoms with van der Waals surface area (Å²) < 4.78 is 35.1. The lowest BCUT2D eigenvalue weighted by Crippen LogP contribution is -2.21. The molecule has 0 aromatic heterocycles. The summed E-state index contributed by atoms with van der Waals surface area (Å²) in [5, 5.41) is 0. The smallest absolute Gasteiger partial charge is 0.232 e. The molecule has 2 atom stereocenters. The van der Waals surface area contributed by atoms with E-state index in [1.165, 1.54) is 12.1 Å². The van der Waals surface area contributed by atoms with E-state index in [0.717, 1.165) is 29.5 Å². The molecule has 0 radical (unpaired) electrons. The minimum atomic E-state index is -2.02. The average Bonchev–Trinajstić information content (AvgIpc) is 2.46. The molecule has 1 aliphatic rings. The molecule has 5 heteroatoms. The Labute approximate surface area is 90.1 Å². The Morgan fingerprint density at radius 2 is 2.33 bits per heavy atom. The zero-order chi connectivity index (χ0) is 11.0. The van der Waals surface area contributed by atoms with Crippen LogP contribution in [0.15, 0.2) is 12.1 Å². The molecule has 1 aromatic rings. The summed E-state index contributed by atoms with van der Waals surface area (Å²) in [5.74, 6) is -0.239. The van der Waals surface area contributed by atoms with E-state index in [1.807, 2.05) is 6.92 Å². The first-order valence-corrected chi connectivity index (χ1v) is 5.84. The summed E-state index contributed by atoms with van der Waals surface area (Å²) in [4.78, 5) is 0. The van der Waals surface area contributed by atoms with Gasteiger partial charge in [0, 0.05) is 6.04 Å². The summed E-state index contributed by atoms with van der Waals surface area (Å²) in [5.41, 5.74) is 2.75. The normalized spacial score (nSPS) is 21.4. The average molecular weight is 229 g/mol. The minimum Gasteiger partial charge on any atom is -0.294 e. The lowest BCUT2D eigenvalue weighted by atomic mass is 10.0. The van der Waals surface area contributed by atoms with E-state index in [2.05, 4.69) is 4.72 Å². The van der Waals surface area contributed by atoms with Crippen molar-refractivity contribution < 1.29 is 13.2 Å². The number of halogens is 1. The van der Waals surface area contributed by atoms with Crippen LogP contribution in [0.4, 0.5) is 4.39 Å². The predicted octanol–water partition coefficient (Wildman–Crippen LogP) is 1.85. The van der Waals surface area contributed by atoms with Crippen LogP contribution in [-0.4, -0.2) is 8.76 Å². The number of nitrogens with one attached hydrogen (secondary N) is 1. The topological polar surface area (TPSA) is 49.3 Å². The molecule has 15 heavy (non-hydrogen) atoms. The maximum absolute atomic E-state index is 13.1. The third-order valence-corrected chi connectivity index (χ3v) is 3.22. The van der Waals surface area contributed by atoms with E-state index in [4.69, 9.17) is 4.55 Å². The van der Waals surface area contributed by atoms with Crippen molar-refractivity contribution in [1.29, 1.82) is 0 Å². The fourth-order valence-electron chi connectivity index (χ4n) is 2.21. The van der Waals surface area contributed by atoms with E-state index >= 15 is 0 Å². The van der Waals surface area contributed by atoms with Crippen LogP contribution < -0.4 is 4.72 Å². The van der Waals surface area contributed by atoms with Gasteiger partial charge in [0.15, 0.2) is 0 Å². The number of benzene rings is 1. The van der Waals surface area contributed by atoms with Gasteiger partial charge in [0.2, 0.25) is 11.3 Å².